The van der Waals surface area contributed by atoms with Crippen molar-refractivity contribution in [3.05, 3.63) is 36.2 Å². The van der Waals surface area contributed by atoms with Crippen molar-refractivity contribution < 1.29 is 13.9 Å². The van der Waals surface area contributed by atoms with E-state index in [4.69, 9.17) is 9.15 Å². The maximum absolute atomic E-state index is 12.7. The number of amides is 2. The Kier molecular flexibility index (Phi) is 4.81. The minimum Gasteiger partial charge on any atom is -0.423 e. The number of oxazole rings is 1. The van der Waals surface area contributed by atoms with Crippen LogP contribution in [0.2, 0.25) is 0 Å². The molecule has 4 heterocycles. The van der Waals surface area contributed by atoms with Crippen LogP contribution in [0.1, 0.15) is 24.3 Å². The van der Waals surface area contributed by atoms with E-state index in [1.165, 1.54) is 5.56 Å². The minimum atomic E-state index is -0.0806. The van der Waals surface area contributed by atoms with E-state index in [1.807, 2.05) is 35.5 Å². The fourth-order valence-corrected chi connectivity index (χ4v) is 3.98. The molecule has 0 saturated carbocycles. The van der Waals surface area contributed by atoms with E-state index in [-0.39, 0.29) is 6.03 Å². The summed E-state index contributed by atoms with van der Waals surface area (Å²) < 4.78 is 11.3. The van der Waals surface area contributed by atoms with Crippen LogP contribution in [0.4, 0.5) is 16.5 Å². The highest BCUT2D eigenvalue weighted by Gasteiger charge is 2.24. The third-order valence-electron chi connectivity index (χ3n) is 5.68. The van der Waals surface area contributed by atoms with E-state index < -0.39 is 0 Å². The number of nitrogens with one attached hydrogen (secondary N) is 2. The fraction of sp³-hybridized carbons (Fsp3) is 0.450. The molecule has 0 unspecified atom stereocenters. The highest BCUT2D eigenvalue weighted by atomic mass is 16.5. The number of carbonyl (C=O) groups excluding carboxylic acids is 1. The van der Waals surface area contributed by atoms with Gasteiger partial charge in [0.2, 0.25) is 0 Å². The maximum Gasteiger partial charge on any atom is 0.321 e. The molecule has 2 aromatic heterocycles. The van der Waals surface area contributed by atoms with Crippen LogP contribution >= 0.6 is 0 Å². The molecule has 1 aromatic carbocycles. The molecule has 29 heavy (non-hydrogen) atoms. The summed E-state index contributed by atoms with van der Waals surface area (Å²) in [7, 11) is 0. The fourth-order valence-electron chi connectivity index (χ4n) is 3.98. The monoisotopic (exact) mass is 396 g/mol. The molecule has 0 atom stereocenters. The zero-order chi connectivity index (χ0) is 19.6. The number of ether oxygens (including phenoxy) is 1. The number of piperidine rings is 1. The van der Waals surface area contributed by atoms with Gasteiger partial charge in [0, 0.05) is 44.1 Å². The number of hydrogen-bond acceptors (Lipinski definition) is 6. The highest BCUT2D eigenvalue weighted by molar-refractivity contribution is 5.91. The van der Waals surface area contributed by atoms with Crippen LogP contribution in [0.15, 0.2) is 35.0 Å². The molecular weight excluding hydrogens is 372 g/mol. The van der Waals surface area contributed by atoms with Gasteiger partial charge in [-0.3, -0.25) is 5.10 Å². The predicted octanol–water partition coefficient (Wildman–Crippen LogP) is 2.80. The Labute approximate surface area is 168 Å². The zero-order valence-electron chi connectivity index (χ0n) is 16.1. The lowest BCUT2D eigenvalue weighted by molar-refractivity contribution is 0.120. The molecule has 2 amide bonds. The Morgan fingerprint density at radius 2 is 2.00 bits per heavy atom. The van der Waals surface area contributed by atoms with E-state index in [1.54, 1.807) is 0 Å². The normalized spacial score (nSPS) is 18.3. The van der Waals surface area contributed by atoms with Crippen molar-refractivity contribution in [2.24, 2.45) is 0 Å². The minimum absolute atomic E-state index is 0.0806. The van der Waals surface area contributed by atoms with Gasteiger partial charge in [-0.1, -0.05) is 0 Å². The van der Waals surface area contributed by atoms with E-state index in [2.05, 4.69) is 25.4 Å². The summed E-state index contributed by atoms with van der Waals surface area (Å²) in [6.07, 6.45) is 5.70. The lowest BCUT2D eigenvalue weighted by Gasteiger charge is -2.31. The zero-order valence-corrected chi connectivity index (χ0v) is 16.1. The Morgan fingerprint density at radius 3 is 2.76 bits per heavy atom. The summed E-state index contributed by atoms with van der Waals surface area (Å²) in [4.78, 5) is 21.2. The number of hydrogen-bond donors (Lipinski definition) is 2. The number of benzene rings is 1. The summed E-state index contributed by atoms with van der Waals surface area (Å²) >= 11 is 0. The van der Waals surface area contributed by atoms with Crippen LogP contribution in [0, 0.1) is 0 Å². The Balaban J connectivity index is 1.22. The summed E-state index contributed by atoms with van der Waals surface area (Å²) in [5.41, 5.74) is 3.38. The number of aromatic amines is 1. The number of anilines is 2. The van der Waals surface area contributed by atoms with Gasteiger partial charge in [0.15, 0.2) is 5.58 Å². The number of aromatic nitrogens is 3. The molecule has 2 saturated heterocycles. The van der Waals surface area contributed by atoms with Gasteiger partial charge in [-0.2, -0.15) is 10.1 Å². The summed E-state index contributed by atoms with van der Waals surface area (Å²) in [6.45, 7) is 4.35. The number of morpholine rings is 1. The van der Waals surface area contributed by atoms with Crippen molar-refractivity contribution in [2.45, 2.75) is 18.8 Å². The van der Waals surface area contributed by atoms with E-state index >= 15 is 0 Å². The quantitative estimate of drug-likeness (QED) is 0.706. The van der Waals surface area contributed by atoms with E-state index in [9.17, 15) is 4.79 Å². The van der Waals surface area contributed by atoms with Crippen molar-refractivity contribution in [1.29, 1.82) is 0 Å². The van der Waals surface area contributed by atoms with Crippen LogP contribution in [0.5, 0.6) is 0 Å². The molecule has 3 aromatic rings. The van der Waals surface area contributed by atoms with Crippen molar-refractivity contribution in [2.75, 3.05) is 49.6 Å². The van der Waals surface area contributed by atoms with Gasteiger partial charge in [-0.05, 0) is 36.5 Å². The molecule has 0 aliphatic carbocycles. The Hall–Kier alpha value is -3.07. The average Bonchev–Trinajstić information content (AvgIpc) is 3.44. The van der Waals surface area contributed by atoms with Gasteiger partial charge in [-0.15, -0.1) is 0 Å². The number of H-pyrrole nitrogens is 1. The van der Waals surface area contributed by atoms with Crippen LogP contribution in [0.25, 0.3) is 11.1 Å². The average molecular weight is 396 g/mol. The molecule has 0 radical (unpaired) electrons. The van der Waals surface area contributed by atoms with Gasteiger partial charge in [-0.25, -0.2) is 4.79 Å². The predicted molar refractivity (Wildman–Crippen MR) is 108 cm³/mol. The first kappa shape index (κ1) is 18.0. The molecule has 5 rings (SSSR count). The summed E-state index contributed by atoms with van der Waals surface area (Å²) in [6, 6.07) is 6.10. The second-order valence-corrected chi connectivity index (χ2v) is 7.50. The number of carbonyl (C=O) groups is 1. The first-order valence-electron chi connectivity index (χ1n) is 10.0. The van der Waals surface area contributed by atoms with Gasteiger partial charge < -0.3 is 24.3 Å². The van der Waals surface area contributed by atoms with Crippen LogP contribution in [0.3, 0.4) is 0 Å². The van der Waals surface area contributed by atoms with Crippen molar-refractivity contribution in [1.82, 2.24) is 20.1 Å². The molecule has 2 aliphatic heterocycles. The van der Waals surface area contributed by atoms with Crippen molar-refractivity contribution >= 4 is 28.8 Å². The van der Waals surface area contributed by atoms with Crippen molar-refractivity contribution in [3.63, 3.8) is 0 Å². The van der Waals surface area contributed by atoms with Crippen LogP contribution in [-0.4, -0.2) is 65.5 Å². The first-order chi connectivity index (χ1) is 14.3. The van der Waals surface area contributed by atoms with Crippen LogP contribution in [-0.2, 0) is 4.74 Å². The molecule has 2 fully saturated rings. The molecule has 0 bridgehead atoms. The van der Waals surface area contributed by atoms with Gasteiger partial charge in [0.25, 0.3) is 6.01 Å². The molecular formula is C20H24N6O3. The molecule has 152 valence electrons. The molecule has 2 N–H and O–H groups in total. The Morgan fingerprint density at radius 1 is 1.17 bits per heavy atom. The van der Waals surface area contributed by atoms with Gasteiger partial charge in [0.1, 0.15) is 5.52 Å². The number of likely N-dealkylation sites (tertiary alicyclic amines) is 1. The number of urea groups is 1. The first-order valence-corrected chi connectivity index (χ1v) is 10.0. The van der Waals surface area contributed by atoms with Gasteiger partial charge >= 0.3 is 6.03 Å². The number of fused-ring (bicyclic) bond motifs is 1. The topological polar surface area (TPSA) is 99.5 Å². The molecule has 9 nitrogen and oxygen atoms in total. The number of rotatable bonds is 3. The largest absolute Gasteiger partial charge is 0.423 e. The van der Waals surface area contributed by atoms with Crippen molar-refractivity contribution in [3.8, 4) is 0 Å². The summed E-state index contributed by atoms with van der Waals surface area (Å²) in [5, 5.41) is 9.88. The molecule has 9 heteroatoms. The number of nitrogens with zero attached hydrogens (tertiary/aromatic N) is 4. The molecule has 0 spiro atoms. The smallest absolute Gasteiger partial charge is 0.321 e. The van der Waals surface area contributed by atoms with E-state index in [0.29, 0.717) is 36.4 Å². The van der Waals surface area contributed by atoms with E-state index in [0.717, 1.165) is 44.5 Å². The highest BCUT2D eigenvalue weighted by Crippen LogP contribution is 2.28. The SMILES string of the molecule is O=C(Nc1ccc2nc(N3CCOCC3)oc2c1)N1CCC(c2cn[nH]c2)CC1. The third kappa shape index (κ3) is 3.77. The van der Waals surface area contributed by atoms with Gasteiger partial charge in [0.05, 0.1) is 19.4 Å². The standard InChI is InChI=1S/C20H24N6O3/c27-19(25-5-3-14(4-6-25)15-12-21-22-13-15)23-16-1-2-17-18(11-16)29-20(24-17)26-7-9-28-10-8-26/h1-2,11-14H,3-10H2,(H,21,22)(H,23,27). The summed E-state index contributed by atoms with van der Waals surface area (Å²) in [5.74, 6) is 0.460. The van der Waals surface area contributed by atoms with Crippen LogP contribution < -0.4 is 10.2 Å². The Bertz CT molecular complexity index is 971. The second kappa shape index (κ2) is 7.75. The maximum atomic E-state index is 12.7. The second-order valence-electron chi connectivity index (χ2n) is 7.50. The third-order valence-corrected chi connectivity index (χ3v) is 5.68. The lowest BCUT2D eigenvalue weighted by atomic mass is 9.92. The lowest BCUT2D eigenvalue weighted by Crippen LogP contribution is -2.40. The molecule has 2 aliphatic rings.